The summed E-state index contributed by atoms with van der Waals surface area (Å²) in [5, 5.41) is 2.93. The van der Waals surface area contributed by atoms with Gasteiger partial charge in [0.1, 0.15) is 0 Å². The zero-order valence-electron chi connectivity index (χ0n) is 13.5. The Hall–Kier alpha value is -2.49. The van der Waals surface area contributed by atoms with Crippen molar-refractivity contribution in [3.05, 3.63) is 53.6 Å². The second-order valence-corrected chi connectivity index (χ2v) is 6.18. The summed E-state index contributed by atoms with van der Waals surface area (Å²) in [5.41, 5.74) is 10.2. The second kappa shape index (κ2) is 6.73. The molecule has 2 aromatic carbocycles. The van der Waals surface area contributed by atoms with Gasteiger partial charge >= 0.3 is 0 Å². The first-order valence-corrected chi connectivity index (χ1v) is 8.15. The summed E-state index contributed by atoms with van der Waals surface area (Å²) in [6, 6.07) is 13.4. The molecule has 0 aliphatic carbocycles. The lowest BCUT2D eigenvalue weighted by Gasteiger charge is -2.29. The zero-order valence-corrected chi connectivity index (χ0v) is 13.5. The van der Waals surface area contributed by atoms with Crippen molar-refractivity contribution < 1.29 is 4.79 Å². The van der Waals surface area contributed by atoms with E-state index in [0.29, 0.717) is 11.3 Å². The predicted octanol–water partition coefficient (Wildman–Crippen LogP) is 3.82. The molecular weight excluding hydrogens is 286 g/mol. The number of carbonyl (C=O) groups excluding carboxylic acids is 1. The van der Waals surface area contributed by atoms with Crippen LogP contribution in [0.5, 0.6) is 0 Å². The number of nitrogens with two attached hydrogens (primary N) is 1. The molecule has 0 atom stereocenters. The smallest absolute Gasteiger partial charge is 0.255 e. The van der Waals surface area contributed by atoms with Crippen LogP contribution in [0.1, 0.15) is 35.2 Å². The number of anilines is 3. The van der Waals surface area contributed by atoms with Crippen molar-refractivity contribution in [2.45, 2.75) is 26.2 Å². The number of hydrogen-bond donors (Lipinski definition) is 2. The fourth-order valence-corrected chi connectivity index (χ4v) is 2.94. The largest absolute Gasteiger partial charge is 0.399 e. The van der Waals surface area contributed by atoms with Gasteiger partial charge in [0.15, 0.2) is 0 Å². The van der Waals surface area contributed by atoms with E-state index in [2.05, 4.69) is 10.2 Å². The van der Waals surface area contributed by atoms with Gasteiger partial charge in [0.2, 0.25) is 0 Å². The fourth-order valence-electron chi connectivity index (χ4n) is 2.94. The molecular formula is C19H23N3O. The Morgan fingerprint density at radius 2 is 1.74 bits per heavy atom. The molecule has 3 N–H and O–H groups in total. The standard InChI is InChI=1S/C19H23N3O/c1-14-5-7-17(8-6-14)21-19(23)15-11-16(20)13-18(12-15)22-9-3-2-4-10-22/h5-8,11-13H,2-4,9-10,20H2,1H3,(H,21,23). The minimum absolute atomic E-state index is 0.126. The van der Waals surface area contributed by atoms with E-state index < -0.39 is 0 Å². The molecule has 0 saturated carbocycles. The lowest BCUT2D eigenvalue weighted by molar-refractivity contribution is 0.102. The highest BCUT2D eigenvalue weighted by Gasteiger charge is 2.14. The Morgan fingerprint density at radius 1 is 1.04 bits per heavy atom. The molecule has 1 amide bonds. The van der Waals surface area contributed by atoms with Crippen molar-refractivity contribution in [3.8, 4) is 0 Å². The van der Waals surface area contributed by atoms with Crippen molar-refractivity contribution in [2.75, 3.05) is 29.0 Å². The van der Waals surface area contributed by atoms with Crippen LogP contribution in [0.15, 0.2) is 42.5 Å². The van der Waals surface area contributed by atoms with Gasteiger partial charge in [-0.2, -0.15) is 0 Å². The number of amides is 1. The molecule has 3 rings (SSSR count). The Balaban J connectivity index is 1.79. The first kappa shape index (κ1) is 15.4. The maximum absolute atomic E-state index is 12.5. The first-order chi connectivity index (χ1) is 11.1. The Morgan fingerprint density at radius 3 is 2.43 bits per heavy atom. The van der Waals surface area contributed by atoms with Crippen molar-refractivity contribution >= 4 is 23.0 Å². The molecule has 0 unspecified atom stereocenters. The minimum atomic E-state index is -0.126. The molecule has 4 heteroatoms. The summed E-state index contributed by atoms with van der Waals surface area (Å²) in [4.78, 5) is 14.8. The molecule has 0 bridgehead atoms. The van der Waals surface area contributed by atoms with Crippen LogP contribution in [0.3, 0.4) is 0 Å². The van der Waals surface area contributed by atoms with E-state index in [9.17, 15) is 4.79 Å². The van der Waals surface area contributed by atoms with Crippen molar-refractivity contribution in [3.63, 3.8) is 0 Å². The predicted molar refractivity (Wildman–Crippen MR) is 96.1 cm³/mol. The summed E-state index contributed by atoms with van der Waals surface area (Å²) in [6.45, 7) is 4.08. The third kappa shape index (κ3) is 3.83. The molecule has 1 fully saturated rings. The molecule has 0 aromatic heterocycles. The summed E-state index contributed by atoms with van der Waals surface area (Å²) in [7, 11) is 0. The van der Waals surface area contributed by atoms with Crippen LogP contribution in [0, 0.1) is 6.92 Å². The number of benzene rings is 2. The minimum Gasteiger partial charge on any atom is -0.399 e. The van der Waals surface area contributed by atoms with E-state index in [1.54, 1.807) is 6.07 Å². The van der Waals surface area contributed by atoms with Gasteiger partial charge in [0.25, 0.3) is 5.91 Å². The Labute approximate surface area is 137 Å². The quantitative estimate of drug-likeness (QED) is 0.847. The molecule has 1 aliphatic rings. The zero-order chi connectivity index (χ0) is 16.2. The average molecular weight is 309 g/mol. The molecule has 1 aliphatic heterocycles. The maximum Gasteiger partial charge on any atom is 0.255 e. The van der Waals surface area contributed by atoms with Crippen molar-refractivity contribution in [2.24, 2.45) is 0 Å². The van der Waals surface area contributed by atoms with Gasteiger partial charge in [-0.05, 0) is 56.5 Å². The molecule has 120 valence electrons. The number of nitrogens with zero attached hydrogens (tertiary/aromatic N) is 1. The molecule has 1 heterocycles. The van der Waals surface area contributed by atoms with Crippen molar-refractivity contribution in [1.82, 2.24) is 0 Å². The van der Waals surface area contributed by atoms with Crippen molar-refractivity contribution in [1.29, 1.82) is 0 Å². The molecule has 0 spiro atoms. The topological polar surface area (TPSA) is 58.4 Å². The lowest BCUT2D eigenvalue weighted by Crippen LogP contribution is -2.29. The van der Waals surface area contributed by atoms with Gasteiger partial charge in [-0.15, -0.1) is 0 Å². The number of nitrogens with one attached hydrogen (secondary N) is 1. The van der Waals surface area contributed by atoms with Crippen LogP contribution in [0.25, 0.3) is 0 Å². The number of nitrogen functional groups attached to an aromatic ring is 1. The highest BCUT2D eigenvalue weighted by Crippen LogP contribution is 2.24. The first-order valence-electron chi connectivity index (χ1n) is 8.15. The number of carbonyl (C=O) groups is 1. The van der Waals surface area contributed by atoms with Crippen LogP contribution in [-0.4, -0.2) is 19.0 Å². The summed E-state index contributed by atoms with van der Waals surface area (Å²) in [5.74, 6) is -0.126. The third-order valence-electron chi connectivity index (χ3n) is 4.23. The molecule has 23 heavy (non-hydrogen) atoms. The van der Waals surface area contributed by atoms with E-state index in [1.807, 2.05) is 43.3 Å². The number of rotatable bonds is 3. The molecule has 1 saturated heterocycles. The van der Waals surface area contributed by atoms with Crippen LogP contribution in [0.4, 0.5) is 17.1 Å². The summed E-state index contributed by atoms with van der Waals surface area (Å²) in [6.07, 6.45) is 3.67. The number of piperidine rings is 1. The van der Waals surface area contributed by atoms with E-state index in [1.165, 1.54) is 24.8 Å². The lowest BCUT2D eigenvalue weighted by atomic mass is 10.1. The normalized spacial score (nSPS) is 14.6. The van der Waals surface area contributed by atoms with Gasteiger partial charge in [-0.25, -0.2) is 0 Å². The van der Waals surface area contributed by atoms with E-state index in [-0.39, 0.29) is 5.91 Å². The van der Waals surface area contributed by atoms with Crippen LogP contribution in [-0.2, 0) is 0 Å². The Bertz CT molecular complexity index is 688. The molecule has 4 nitrogen and oxygen atoms in total. The summed E-state index contributed by atoms with van der Waals surface area (Å²) >= 11 is 0. The molecule has 2 aromatic rings. The number of hydrogen-bond acceptors (Lipinski definition) is 3. The fraction of sp³-hybridized carbons (Fsp3) is 0.316. The monoisotopic (exact) mass is 309 g/mol. The van der Waals surface area contributed by atoms with Crippen LogP contribution >= 0.6 is 0 Å². The second-order valence-electron chi connectivity index (χ2n) is 6.18. The Kier molecular flexibility index (Phi) is 4.51. The average Bonchev–Trinajstić information content (AvgIpc) is 2.57. The van der Waals surface area contributed by atoms with E-state index >= 15 is 0 Å². The van der Waals surface area contributed by atoms with Gasteiger partial charge in [-0.1, -0.05) is 17.7 Å². The molecule has 0 radical (unpaired) electrons. The highest BCUT2D eigenvalue weighted by atomic mass is 16.1. The number of aryl methyl sites for hydroxylation is 1. The van der Waals surface area contributed by atoms with Gasteiger partial charge in [-0.3, -0.25) is 4.79 Å². The maximum atomic E-state index is 12.5. The van der Waals surface area contributed by atoms with E-state index in [0.717, 1.165) is 24.5 Å². The SMILES string of the molecule is Cc1ccc(NC(=O)c2cc(N)cc(N3CCCCC3)c2)cc1. The van der Waals surface area contributed by atoms with Gasteiger partial charge < -0.3 is 16.0 Å². The highest BCUT2D eigenvalue weighted by molar-refractivity contribution is 6.05. The van der Waals surface area contributed by atoms with Gasteiger partial charge in [0.05, 0.1) is 0 Å². The van der Waals surface area contributed by atoms with Gasteiger partial charge in [0, 0.05) is 35.7 Å². The third-order valence-corrected chi connectivity index (χ3v) is 4.23. The van der Waals surface area contributed by atoms with Crippen LogP contribution in [0.2, 0.25) is 0 Å². The summed E-state index contributed by atoms with van der Waals surface area (Å²) < 4.78 is 0. The van der Waals surface area contributed by atoms with E-state index in [4.69, 9.17) is 5.73 Å². The van der Waals surface area contributed by atoms with Crippen LogP contribution < -0.4 is 16.0 Å².